The van der Waals surface area contributed by atoms with E-state index < -0.39 is 0 Å². The summed E-state index contributed by atoms with van der Waals surface area (Å²) >= 11 is 0. The maximum atomic E-state index is 12.3. The molecule has 1 amide bonds. The number of likely N-dealkylation sites (N-methyl/N-ethyl adjacent to an activating group) is 1. The van der Waals surface area contributed by atoms with Gasteiger partial charge in [-0.05, 0) is 25.5 Å². The molecule has 0 radical (unpaired) electrons. The van der Waals surface area contributed by atoms with Gasteiger partial charge in [0.15, 0.2) is 0 Å². The Morgan fingerprint density at radius 2 is 2.16 bits per heavy atom. The van der Waals surface area contributed by atoms with Crippen LogP contribution in [0.15, 0.2) is 29.3 Å². The van der Waals surface area contributed by atoms with E-state index in [1.807, 2.05) is 26.0 Å². The maximum absolute atomic E-state index is 12.3. The van der Waals surface area contributed by atoms with Gasteiger partial charge in [0.1, 0.15) is 6.54 Å². The van der Waals surface area contributed by atoms with Crippen molar-refractivity contribution in [2.75, 3.05) is 13.6 Å². The van der Waals surface area contributed by atoms with Gasteiger partial charge in [-0.1, -0.05) is 12.1 Å². The Hall–Kier alpha value is -2.17. The molecule has 0 aliphatic carbocycles. The Labute approximate surface area is 111 Å². The molecule has 2 rings (SSSR count). The summed E-state index contributed by atoms with van der Waals surface area (Å²) in [6.07, 6.45) is 1.44. The van der Waals surface area contributed by atoms with Gasteiger partial charge in [-0.3, -0.25) is 14.2 Å². The Kier molecular flexibility index (Phi) is 3.64. The van der Waals surface area contributed by atoms with Crippen LogP contribution in [-0.2, 0) is 11.3 Å². The summed E-state index contributed by atoms with van der Waals surface area (Å²) in [7, 11) is 1.71. The molecule has 2 aromatic rings. The summed E-state index contributed by atoms with van der Waals surface area (Å²) in [5, 5.41) is 0.550. The highest BCUT2D eigenvalue weighted by Gasteiger charge is 2.11. The average Bonchev–Trinajstić information content (AvgIpc) is 2.41. The zero-order valence-corrected chi connectivity index (χ0v) is 11.4. The molecule has 0 atom stereocenters. The molecule has 1 aromatic carbocycles. The van der Waals surface area contributed by atoms with Crippen LogP contribution >= 0.6 is 0 Å². The lowest BCUT2D eigenvalue weighted by Gasteiger charge is -2.15. The number of para-hydroxylation sites is 1. The van der Waals surface area contributed by atoms with Crippen molar-refractivity contribution in [1.82, 2.24) is 14.5 Å². The molecular weight excluding hydrogens is 242 g/mol. The lowest BCUT2D eigenvalue weighted by molar-refractivity contribution is -0.130. The van der Waals surface area contributed by atoms with Gasteiger partial charge in [-0.15, -0.1) is 0 Å². The van der Waals surface area contributed by atoms with Crippen molar-refractivity contribution in [3.8, 4) is 0 Å². The first-order chi connectivity index (χ1) is 9.04. The first-order valence-corrected chi connectivity index (χ1v) is 6.23. The minimum Gasteiger partial charge on any atom is -0.344 e. The number of hydrogen-bond donors (Lipinski definition) is 0. The summed E-state index contributed by atoms with van der Waals surface area (Å²) < 4.78 is 1.36. The van der Waals surface area contributed by atoms with Crippen molar-refractivity contribution in [3.05, 3.63) is 40.4 Å². The number of rotatable bonds is 3. The molecule has 1 heterocycles. The fourth-order valence-corrected chi connectivity index (χ4v) is 1.89. The van der Waals surface area contributed by atoms with Crippen LogP contribution in [0.1, 0.15) is 12.5 Å². The summed E-state index contributed by atoms with van der Waals surface area (Å²) in [6.45, 7) is 4.45. The molecule has 0 aliphatic rings. The Morgan fingerprint density at radius 3 is 2.84 bits per heavy atom. The molecule has 0 spiro atoms. The molecule has 5 nitrogen and oxygen atoms in total. The van der Waals surface area contributed by atoms with Crippen molar-refractivity contribution >= 4 is 16.8 Å². The van der Waals surface area contributed by atoms with Crippen LogP contribution < -0.4 is 5.56 Å². The molecule has 100 valence electrons. The number of fused-ring (bicyclic) bond motifs is 1. The zero-order valence-electron chi connectivity index (χ0n) is 11.4. The zero-order chi connectivity index (χ0) is 14.0. The smallest absolute Gasteiger partial charge is 0.261 e. The normalized spacial score (nSPS) is 10.7. The van der Waals surface area contributed by atoms with E-state index in [0.29, 0.717) is 17.4 Å². The molecule has 0 saturated carbocycles. The minimum atomic E-state index is -0.174. The number of carbonyl (C=O) groups is 1. The monoisotopic (exact) mass is 259 g/mol. The summed E-state index contributed by atoms with van der Waals surface area (Å²) in [6, 6.07) is 5.47. The van der Waals surface area contributed by atoms with Crippen molar-refractivity contribution in [3.63, 3.8) is 0 Å². The molecule has 1 aromatic heterocycles. The lowest BCUT2D eigenvalue weighted by Crippen LogP contribution is -2.33. The molecule has 19 heavy (non-hydrogen) atoms. The number of benzene rings is 1. The number of aryl methyl sites for hydroxylation is 1. The average molecular weight is 259 g/mol. The number of amides is 1. The van der Waals surface area contributed by atoms with Crippen LogP contribution in [0.2, 0.25) is 0 Å². The Morgan fingerprint density at radius 1 is 1.42 bits per heavy atom. The summed E-state index contributed by atoms with van der Waals surface area (Å²) in [5.74, 6) is -0.0987. The molecule has 0 saturated heterocycles. The van der Waals surface area contributed by atoms with Crippen molar-refractivity contribution in [2.24, 2.45) is 0 Å². The third-order valence-electron chi connectivity index (χ3n) is 3.26. The number of carbonyl (C=O) groups excluding carboxylic acids is 1. The highest BCUT2D eigenvalue weighted by molar-refractivity contribution is 5.81. The third-order valence-corrected chi connectivity index (χ3v) is 3.26. The first-order valence-electron chi connectivity index (χ1n) is 6.23. The van der Waals surface area contributed by atoms with Gasteiger partial charge in [0.05, 0.1) is 17.2 Å². The van der Waals surface area contributed by atoms with Gasteiger partial charge < -0.3 is 4.90 Å². The number of hydrogen-bond acceptors (Lipinski definition) is 3. The second-order valence-corrected chi connectivity index (χ2v) is 4.56. The van der Waals surface area contributed by atoms with Crippen LogP contribution in [0.25, 0.3) is 10.9 Å². The third kappa shape index (κ3) is 2.50. The van der Waals surface area contributed by atoms with E-state index in [-0.39, 0.29) is 18.0 Å². The molecular formula is C14H17N3O2. The molecule has 0 bridgehead atoms. The predicted molar refractivity (Wildman–Crippen MR) is 74.1 cm³/mol. The highest BCUT2D eigenvalue weighted by Crippen LogP contribution is 2.11. The minimum absolute atomic E-state index is 0.0278. The van der Waals surface area contributed by atoms with Gasteiger partial charge in [0, 0.05) is 13.6 Å². The quantitative estimate of drug-likeness (QED) is 0.831. The second-order valence-electron chi connectivity index (χ2n) is 4.56. The molecule has 0 unspecified atom stereocenters. The van der Waals surface area contributed by atoms with Gasteiger partial charge >= 0.3 is 0 Å². The topological polar surface area (TPSA) is 55.2 Å². The number of aromatic nitrogens is 2. The SMILES string of the molecule is CCN(C)C(=O)Cn1cnc2c(C)cccc2c1=O. The fourth-order valence-electron chi connectivity index (χ4n) is 1.89. The standard InChI is InChI=1S/C14H17N3O2/c1-4-16(3)12(18)8-17-9-15-13-10(2)6-5-7-11(13)14(17)19/h5-7,9H,4,8H2,1-3H3. The molecule has 0 aliphatic heterocycles. The van der Waals surface area contributed by atoms with Gasteiger partial charge in [0.25, 0.3) is 5.56 Å². The van der Waals surface area contributed by atoms with Gasteiger partial charge in [-0.2, -0.15) is 0 Å². The summed E-state index contributed by atoms with van der Waals surface area (Å²) in [5.41, 5.74) is 1.48. The van der Waals surface area contributed by atoms with Crippen molar-refractivity contribution in [1.29, 1.82) is 0 Å². The molecule has 0 N–H and O–H groups in total. The van der Waals surface area contributed by atoms with E-state index in [4.69, 9.17) is 0 Å². The maximum Gasteiger partial charge on any atom is 0.261 e. The van der Waals surface area contributed by atoms with Crippen molar-refractivity contribution in [2.45, 2.75) is 20.4 Å². The molecule has 5 heteroatoms. The van der Waals surface area contributed by atoms with Crippen LogP contribution in [0.5, 0.6) is 0 Å². The van der Waals surface area contributed by atoms with Crippen molar-refractivity contribution < 1.29 is 4.79 Å². The second kappa shape index (κ2) is 5.22. The fraction of sp³-hybridized carbons (Fsp3) is 0.357. The number of nitrogens with zero attached hydrogens (tertiary/aromatic N) is 3. The summed E-state index contributed by atoms with van der Waals surface area (Å²) in [4.78, 5) is 30.0. The van der Waals surface area contributed by atoms with Gasteiger partial charge in [-0.25, -0.2) is 4.98 Å². The highest BCUT2D eigenvalue weighted by atomic mass is 16.2. The Balaban J connectivity index is 2.44. The van der Waals surface area contributed by atoms with Crippen LogP contribution in [0.4, 0.5) is 0 Å². The predicted octanol–water partition coefficient (Wildman–Crippen LogP) is 1.18. The van der Waals surface area contributed by atoms with Crippen LogP contribution in [-0.4, -0.2) is 34.0 Å². The van der Waals surface area contributed by atoms with E-state index in [2.05, 4.69) is 4.98 Å². The van der Waals surface area contributed by atoms with E-state index >= 15 is 0 Å². The Bertz CT molecular complexity index is 676. The van der Waals surface area contributed by atoms with E-state index in [0.717, 1.165) is 5.56 Å². The lowest BCUT2D eigenvalue weighted by atomic mass is 10.1. The van der Waals surface area contributed by atoms with E-state index in [1.165, 1.54) is 10.9 Å². The largest absolute Gasteiger partial charge is 0.344 e. The van der Waals surface area contributed by atoms with Crippen LogP contribution in [0, 0.1) is 6.92 Å². The molecule has 0 fully saturated rings. The van der Waals surface area contributed by atoms with E-state index in [1.54, 1.807) is 18.0 Å². The first kappa shape index (κ1) is 13.3. The van der Waals surface area contributed by atoms with Gasteiger partial charge in [0.2, 0.25) is 5.91 Å². The van der Waals surface area contributed by atoms with E-state index in [9.17, 15) is 9.59 Å². The van der Waals surface area contributed by atoms with Crippen LogP contribution in [0.3, 0.4) is 0 Å².